The molecule has 4 rings (SSSR count). The summed E-state index contributed by atoms with van der Waals surface area (Å²) in [7, 11) is 1.57. The smallest absolute Gasteiger partial charge is 0.291 e. The normalized spacial score (nSPS) is 11.6. The van der Waals surface area contributed by atoms with E-state index in [1.54, 1.807) is 37.6 Å². The molecule has 0 amide bonds. The van der Waals surface area contributed by atoms with Crippen LogP contribution in [-0.2, 0) is 0 Å². The lowest BCUT2D eigenvalue weighted by Gasteiger charge is -2.05. The van der Waals surface area contributed by atoms with Crippen LogP contribution >= 0.6 is 11.8 Å². The summed E-state index contributed by atoms with van der Waals surface area (Å²) in [5.41, 5.74) is 1.53. The van der Waals surface area contributed by atoms with Crippen molar-refractivity contribution in [2.45, 2.75) is 10.9 Å². The van der Waals surface area contributed by atoms with E-state index < -0.39 is 5.76 Å². The van der Waals surface area contributed by atoms with Gasteiger partial charge < -0.3 is 4.74 Å². The molecule has 0 aliphatic rings. The van der Waals surface area contributed by atoms with E-state index >= 15 is 0 Å². The van der Waals surface area contributed by atoms with Gasteiger partial charge in [0.2, 0.25) is 5.16 Å². The molecule has 29 heavy (non-hydrogen) atoms. The molecule has 0 spiro atoms. The Hall–Kier alpha value is -3.26. The van der Waals surface area contributed by atoms with Gasteiger partial charge in [-0.3, -0.25) is 0 Å². The van der Waals surface area contributed by atoms with Gasteiger partial charge in [-0.1, -0.05) is 36.4 Å². The topological polar surface area (TPSA) is 52.3 Å². The van der Waals surface area contributed by atoms with Crippen molar-refractivity contribution in [2.24, 2.45) is 5.10 Å². The SMILES string of the molecule is COc1ccc(-c2nnc(SC(F)F)n2/N=C\c2ccc3ccccc3c2)cc1. The summed E-state index contributed by atoms with van der Waals surface area (Å²) in [5.74, 6) is -1.58. The van der Waals surface area contributed by atoms with Gasteiger partial charge in [0, 0.05) is 5.56 Å². The lowest BCUT2D eigenvalue weighted by molar-refractivity contribution is 0.251. The summed E-state index contributed by atoms with van der Waals surface area (Å²) >= 11 is 0.303. The van der Waals surface area contributed by atoms with E-state index in [1.165, 1.54) is 4.68 Å². The summed E-state index contributed by atoms with van der Waals surface area (Å²) in [5, 5.41) is 14.5. The van der Waals surface area contributed by atoms with Gasteiger partial charge in [0.25, 0.3) is 5.76 Å². The maximum atomic E-state index is 13.0. The van der Waals surface area contributed by atoms with Crippen LogP contribution in [0.15, 0.2) is 77.0 Å². The number of rotatable bonds is 6. The fraction of sp³-hybridized carbons (Fsp3) is 0.0952. The molecule has 0 N–H and O–H groups in total. The van der Waals surface area contributed by atoms with Crippen LogP contribution in [0.3, 0.4) is 0 Å². The number of aromatic nitrogens is 3. The van der Waals surface area contributed by atoms with Crippen LogP contribution in [0.4, 0.5) is 8.78 Å². The lowest BCUT2D eigenvalue weighted by atomic mass is 10.1. The van der Waals surface area contributed by atoms with Gasteiger partial charge in [-0.15, -0.1) is 10.2 Å². The number of ether oxygens (including phenoxy) is 1. The molecule has 0 aliphatic heterocycles. The van der Waals surface area contributed by atoms with Crippen LogP contribution in [0.5, 0.6) is 5.75 Å². The number of hydrogen-bond acceptors (Lipinski definition) is 5. The summed E-state index contributed by atoms with van der Waals surface area (Å²) in [4.78, 5) is 0. The molecule has 0 bridgehead atoms. The first-order valence-electron chi connectivity index (χ1n) is 8.72. The average molecular weight is 410 g/mol. The fourth-order valence-electron chi connectivity index (χ4n) is 2.86. The molecular weight excluding hydrogens is 394 g/mol. The van der Waals surface area contributed by atoms with Crippen LogP contribution in [0.25, 0.3) is 22.2 Å². The van der Waals surface area contributed by atoms with Crippen LogP contribution in [0.1, 0.15) is 5.56 Å². The Labute approximate surface area is 170 Å². The number of nitrogens with zero attached hydrogens (tertiary/aromatic N) is 4. The Bertz CT molecular complexity index is 1160. The van der Waals surface area contributed by atoms with Crippen molar-refractivity contribution < 1.29 is 13.5 Å². The summed E-state index contributed by atoms with van der Waals surface area (Å²) in [6.07, 6.45) is 1.61. The quantitative estimate of drug-likeness (QED) is 0.320. The molecule has 0 atom stereocenters. The zero-order valence-corrected chi connectivity index (χ0v) is 16.2. The third kappa shape index (κ3) is 4.27. The molecule has 0 fully saturated rings. The minimum absolute atomic E-state index is 0.0165. The van der Waals surface area contributed by atoms with Crippen LogP contribution < -0.4 is 4.74 Å². The number of fused-ring (bicyclic) bond motifs is 1. The minimum Gasteiger partial charge on any atom is -0.497 e. The summed E-state index contributed by atoms with van der Waals surface area (Å²) < 4.78 is 32.4. The van der Waals surface area contributed by atoms with Crippen molar-refractivity contribution in [3.63, 3.8) is 0 Å². The zero-order valence-electron chi connectivity index (χ0n) is 15.4. The molecule has 8 heteroatoms. The minimum atomic E-state index is -2.63. The first kappa shape index (κ1) is 19.1. The van der Waals surface area contributed by atoms with Gasteiger partial charge in [-0.2, -0.15) is 18.6 Å². The van der Waals surface area contributed by atoms with E-state index in [9.17, 15) is 8.78 Å². The van der Waals surface area contributed by atoms with E-state index in [2.05, 4.69) is 15.3 Å². The van der Waals surface area contributed by atoms with E-state index in [4.69, 9.17) is 4.74 Å². The summed E-state index contributed by atoms with van der Waals surface area (Å²) in [6.45, 7) is 0. The number of thioether (sulfide) groups is 1. The van der Waals surface area contributed by atoms with Crippen LogP contribution in [-0.4, -0.2) is 34.0 Å². The predicted octanol–water partition coefficient (Wildman–Crippen LogP) is 5.30. The Balaban J connectivity index is 1.72. The molecule has 3 aromatic carbocycles. The highest BCUT2D eigenvalue weighted by molar-refractivity contribution is 7.99. The molecule has 5 nitrogen and oxygen atoms in total. The molecule has 0 radical (unpaired) electrons. The van der Waals surface area contributed by atoms with Crippen molar-refractivity contribution in [1.29, 1.82) is 0 Å². The molecule has 1 aromatic heterocycles. The van der Waals surface area contributed by atoms with E-state index in [1.807, 2.05) is 42.5 Å². The van der Waals surface area contributed by atoms with E-state index in [0.717, 1.165) is 16.3 Å². The number of benzene rings is 3. The largest absolute Gasteiger partial charge is 0.497 e. The molecule has 1 heterocycles. The summed E-state index contributed by atoms with van der Waals surface area (Å²) in [6, 6.07) is 20.9. The first-order valence-corrected chi connectivity index (χ1v) is 9.60. The Morgan fingerprint density at radius 2 is 1.76 bits per heavy atom. The first-order chi connectivity index (χ1) is 14.1. The monoisotopic (exact) mass is 410 g/mol. The Morgan fingerprint density at radius 3 is 2.48 bits per heavy atom. The van der Waals surface area contributed by atoms with Crippen molar-refractivity contribution in [2.75, 3.05) is 7.11 Å². The highest BCUT2D eigenvalue weighted by Gasteiger charge is 2.18. The molecule has 0 aliphatic carbocycles. The van der Waals surface area contributed by atoms with Crippen LogP contribution in [0.2, 0.25) is 0 Å². The third-order valence-electron chi connectivity index (χ3n) is 4.25. The zero-order chi connectivity index (χ0) is 20.2. The van der Waals surface area contributed by atoms with Gasteiger partial charge in [0.05, 0.1) is 13.3 Å². The van der Waals surface area contributed by atoms with Gasteiger partial charge in [-0.25, -0.2) is 0 Å². The van der Waals surface area contributed by atoms with Crippen LogP contribution in [0, 0.1) is 0 Å². The number of methoxy groups -OCH3 is 1. The van der Waals surface area contributed by atoms with Crippen molar-refractivity contribution >= 4 is 28.7 Å². The average Bonchev–Trinajstić information content (AvgIpc) is 3.13. The maximum absolute atomic E-state index is 13.0. The highest BCUT2D eigenvalue weighted by Crippen LogP contribution is 2.28. The third-order valence-corrected chi connectivity index (χ3v) is 4.89. The van der Waals surface area contributed by atoms with Crippen molar-refractivity contribution in [3.8, 4) is 17.1 Å². The molecule has 146 valence electrons. The fourth-order valence-corrected chi connectivity index (χ4v) is 3.34. The second-order valence-electron chi connectivity index (χ2n) is 6.08. The van der Waals surface area contributed by atoms with Gasteiger partial charge in [-0.05, 0) is 58.4 Å². The number of halogens is 2. The molecule has 4 aromatic rings. The Morgan fingerprint density at radius 1 is 1.00 bits per heavy atom. The standard InChI is InChI=1S/C21H16F2N4OS/c1-28-18-10-8-16(9-11-18)19-25-26-21(29-20(22)23)27(19)24-13-14-6-7-15-4-2-3-5-17(15)12-14/h2-13,20H,1H3/b24-13-. The van der Waals surface area contributed by atoms with E-state index in [-0.39, 0.29) is 5.16 Å². The van der Waals surface area contributed by atoms with E-state index in [0.29, 0.717) is 28.9 Å². The predicted molar refractivity (Wildman–Crippen MR) is 111 cm³/mol. The lowest BCUT2D eigenvalue weighted by Crippen LogP contribution is -1.98. The molecular formula is C21H16F2N4OS. The van der Waals surface area contributed by atoms with Gasteiger partial charge >= 0.3 is 0 Å². The highest BCUT2D eigenvalue weighted by atomic mass is 32.2. The van der Waals surface area contributed by atoms with Gasteiger partial charge in [0.1, 0.15) is 5.75 Å². The number of alkyl halides is 2. The van der Waals surface area contributed by atoms with Crippen molar-refractivity contribution in [1.82, 2.24) is 14.9 Å². The molecule has 0 saturated heterocycles. The van der Waals surface area contributed by atoms with Crippen molar-refractivity contribution in [3.05, 3.63) is 72.3 Å². The Kier molecular flexibility index (Phi) is 5.53. The maximum Gasteiger partial charge on any atom is 0.291 e. The number of hydrogen-bond donors (Lipinski definition) is 0. The molecule has 0 saturated carbocycles. The van der Waals surface area contributed by atoms with Gasteiger partial charge in [0.15, 0.2) is 5.82 Å². The second kappa shape index (κ2) is 8.40. The molecule has 0 unspecified atom stereocenters. The second-order valence-corrected chi connectivity index (χ2v) is 7.03.